The Morgan fingerprint density at radius 3 is 1.94 bits per heavy atom. The highest BCUT2D eigenvalue weighted by molar-refractivity contribution is 5.70. The van der Waals surface area contributed by atoms with Crippen LogP contribution in [0.1, 0.15) is 12.8 Å². The zero-order valence-corrected chi connectivity index (χ0v) is 10.8. The van der Waals surface area contributed by atoms with Crippen molar-refractivity contribution in [1.29, 1.82) is 0 Å². The van der Waals surface area contributed by atoms with Crippen LogP contribution in [0.15, 0.2) is 0 Å². The SMILES string of the molecule is COC(=O)CCN(CCNC=O)CCC(=O)OC. The van der Waals surface area contributed by atoms with Gasteiger partial charge < -0.3 is 19.7 Å². The Morgan fingerprint density at radius 2 is 1.56 bits per heavy atom. The number of hydrogen-bond acceptors (Lipinski definition) is 6. The van der Waals surface area contributed by atoms with E-state index in [0.29, 0.717) is 32.6 Å². The Hall–Kier alpha value is -1.63. The van der Waals surface area contributed by atoms with Gasteiger partial charge in [-0.1, -0.05) is 0 Å². The number of esters is 2. The fourth-order valence-corrected chi connectivity index (χ4v) is 1.32. The largest absolute Gasteiger partial charge is 0.469 e. The van der Waals surface area contributed by atoms with E-state index in [1.165, 1.54) is 14.2 Å². The van der Waals surface area contributed by atoms with Gasteiger partial charge in [0.2, 0.25) is 6.41 Å². The predicted molar refractivity (Wildman–Crippen MR) is 63.8 cm³/mol. The normalized spacial score (nSPS) is 9.94. The minimum absolute atomic E-state index is 0.249. The zero-order chi connectivity index (χ0) is 13.8. The Kier molecular flexibility index (Phi) is 9.57. The van der Waals surface area contributed by atoms with Crippen molar-refractivity contribution in [3.05, 3.63) is 0 Å². The molecule has 0 radical (unpaired) electrons. The summed E-state index contributed by atoms with van der Waals surface area (Å²) in [7, 11) is 2.66. The van der Waals surface area contributed by atoms with Crippen molar-refractivity contribution in [3.8, 4) is 0 Å². The third-order valence-corrected chi connectivity index (χ3v) is 2.38. The molecule has 0 aliphatic rings. The maximum Gasteiger partial charge on any atom is 0.306 e. The standard InChI is InChI=1S/C11H20N2O5/c1-17-10(15)3-6-13(8-5-12-9-14)7-4-11(16)18-2/h9H,3-8H2,1-2H3,(H,12,14). The van der Waals surface area contributed by atoms with Gasteiger partial charge in [-0.2, -0.15) is 0 Å². The Labute approximate surface area is 106 Å². The summed E-state index contributed by atoms with van der Waals surface area (Å²) in [6.45, 7) is 1.98. The van der Waals surface area contributed by atoms with Crippen LogP contribution < -0.4 is 5.32 Å². The summed E-state index contributed by atoms with van der Waals surface area (Å²) in [4.78, 5) is 34.1. The average Bonchev–Trinajstić information content (AvgIpc) is 2.40. The van der Waals surface area contributed by atoms with Crippen LogP contribution in [0.5, 0.6) is 0 Å². The molecule has 18 heavy (non-hydrogen) atoms. The van der Waals surface area contributed by atoms with Gasteiger partial charge in [-0.25, -0.2) is 0 Å². The maximum absolute atomic E-state index is 11.0. The molecule has 0 aromatic rings. The first-order valence-corrected chi connectivity index (χ1v) is 5.67. The predicted octanol–water partition coefficient (Wildman–Crippen LogP) is -0.839. The van der Waals surface area contributed by atoms with E-state index >= 15 is 0 Å². The molecule has 0 saturated heterocycles. The summed E-state index contributed by atoms with van der Waals surface area (Å²) >= 11 is 0. The monoisotopic (exact) mass is 260 g/mol. The highest BCUT2D eigenvalue weighted by Crippen LogP contribution is 1.96. The number of amides is 1. The first-order valence-electron chi connectivity index (χ1n) is 5.67. The summed E-state index contributed by atoms with van der Waals surface area (Å²) in [5.74, 6) is -0.608. The topological polar surface area (TPSA) is 84.9 Å². The molecule has 0 aromatic carbocycles. The van der Waals surface area contributed by atoms with Crippen LogP contribution in [0.25, 0.3) is 0 Å². The van der Waals surface area contributed by atoms with Crippen LogP contribution in [0.3, 0.4) is 0 Å². The van der Waals surface area contributed by atoms with Gasteiger partial charge in [-0.3, -0.25) is 14.4 Å². The minimum atomic E-state index is -0.304. The number of nitrogens with zero attached hydrogens (tertiary/aromatic N) is 1. The summed E-state index contributed by atoms with van der Waals surface area (Å²) in [6, 6.07) is 0. The molecule has 0 spiro atoms. The number of carbonyl (C=O) groups excluding carboxylic acids is 3. The van der Waals surface area contributed by atoms with Crippen LogP contribution in [-0.4, -0.2) is 63.6 Å². The molecule has 0 aliphatic heterocycles. The fraction of sp³-hybridized carbons (Fsp3) is 0.727. The van der Waals surface area contributed by atoms with E-state index < -0.39 is 0 Å². The summed E-state index contributed by atoms with van der Waals surface area (Å²) in [5.41, 5.74) is 0. The lowest BCUT2D eigenvalue weighted by molar-refractivity contribution is -0.141. The van der Waals surface area contributed by atoms with Crippen molar-refractivity contribution in [2.24, 2.45) is 0 Å². The molecular weight excluding hydrogens is 240 g/mol. The first kappa shape index (κ1) is 16.4. The molecule has 0 aliphatic carbocycles. The van der Waals surface area contributed by atoms with E-state index in [0.717, 1.165) is 0 Å². The number of rotatable bonds is 10. The fourth-order valence-electron chi connectivity index (χ4n) is 1.32. The number of hydrogen-bond donors (Lipinski definition) is 1. The lowest BCUT2D eigenvalue weighted by atomic mass is 10.3. The van der Waals surface area contributed by atoms with Crippen molar-refractivity contribution in [3.63, 3.8) is 0 Å². The minimum Gasteiger partial charge on any atom is -0.469 e. The number of ether oxygens (including phenoxy) is 2. The second-order valence-corrected chi connectivity index (χ2v) is 3.57. The van der Waals surface area contributed by atoms with E-state index in [2.05, 4.69) is 14.8 Å². The molecule has 1 N–H and O–H groups in total. The van der Waals surface area contributed by atoms with Gasteiger partial charge in [0.05, 0.1) is 27.1 Å². The second-order valence-electron chi connectivity index (χ2n) is 3.57. The van der Waals surface area contributed by atoms with Crippen LogP contribution >= 0.6 is 0 Å². The molecule has 1 amide bonds. The lowest BCUT2D eigenvalue weighted by Crippen LogP contribution is -2.35. The van der Waals surface area contributed by atoms with E-state index in [-0.39, 0.29) is 24.8 Å². The van der Waals surface area contributed by atoms with Crippen molar-refractivity contribution in [1.82, 2.24) is 10.2 Å². The van der Waals surface area contributed by atoms with Gasteiger partial charge in [-0.15, -0.1) is 0 Å². The van der Waals surface area contributed by atoms with E-state index in [4.69, 9.17) is 0 Å². The molecule has 0 saturated carbocycles. The maximum atomic E-state index is 11.0. The summed E-state index contributed by atoms with van der Waals surface area (Å²) in [6.07, 6.45) is 1.11. The van der Waals surface area contributed by atoms with E-state index in [1.54, 1.807) is 0 Å². The smallest absolute Gasteiger partial charge is 0.306 e. The van der Waals surface area contributed by atoms with Gasteiger partial charge in [0.25, 0.3) is 0 Å². The van der Waals surface area contributed by atoms with Crippen molar-refractivity contribution >= 4 is 18.3 Å². The Balaban J connectivity index is 4.02. The number of carbonyl (C=O) groups is 3. The Bertz CT molecular complexity index is 250. The molecule has 7 nitrogen and oxygen atoms in total. The van der Waals surface area contributed by atoms with Gasteiger partial charge >= 0.3 is 11.9 Å². The first-order chi connectivity index (χ1) is 8.63. The number of methoxy groups -OCH3 is 2. The van der Waals surface area contributed by atoms with Gasteiger partial charge in [0.1, 0.15) is 0 Å². The number of nitrogens with one attached hydrogen (secondary N) is 1. The second kappa shape index (κ2) is 10.5. The Morgan fingerprint density at radius 1 is 1.06 bits per heavy atom. The molecule has 0 unspecified atom stereocenters. The van der Waals surface area contributed by atoms with Gasteiger partial charge in [0, 0.05) is 26.2 Å². The van der Waals surface area contributed by atoms with Crippen LogP contribution in [0, 0.1) is 0 Å². The lowest BCUT2D eigenvalue weighted by Gasteiger charge is -2.20. The molecule has 0 atom stereocenters. The van der Waals surface area contributed by atoms with E-state index in [9.17, 15) is 14.4 Å². The van der Waals surface area contributed by atoms with Crippen LogP contribution in [0.2, 0.25) is 0 Å². The molecule has 0 bridgehead atoms. The molecule has 0 heterocycles. The average molecular weight is 260 g/mol. The summed E-state index contributed by atoms with van der Waals surface area (Å²) < 4.78 is 9.09. The van der Waals surface area contributed by atoms with Crippen LogP contribution in [-0.2, 0) is 23.9 Å². The zero-order valence-electron chi connectivity index (χ0n) is 10.8. The van der Waals surface area contributed by atoms with Crippen molar-refractivity contribution in [2.75, 3.05) is 40.4 Å². The molecule has 0 aromatic heterocycles. The van der Waals surface area contributed by atoms with E-state index in [1.807, 2.05) is 4.90 Å². The third kappa shape index (κ3) is 8.51. The van der Waals surface area contributed by atoms with Gasteiger partial charge in [-0.05, 0) is 0 Å². The molecule has 104 valence electrons. The van der Waals surface area contributed by atoms with Crippen molar-refractivity contribution < 1.29 is 23.9 Å². The quantitative estimate of drug-likeness (QED) is 0.313. The van der Waals surface area contributed by atoms with Crippen molar-refractivity contribution in [2.45, 2.75) is 12.8 Å². The molecule has 7 heteroatoms. The van der Waals surface area contributed by atoms with Crippen LogP contribution in [0.4, 0.5) is 0 Å². The molecule has 0 fully saturated rings. The molecule has 0 rings (SSSR count). The molecular formula is C11H20N2O5. The highest BCUT2D eigenvalue weighted by Gasteiger charge is 2.10. The summed E-state index contributed by atoms with van der Waals surface area (Å²) in [5, 5.41) is 2.53. The highest BCUT2D eigenvalue weighted by atomic mass is 16.5. The third-order valence-electron chi connectivity index (χ3n) is 2.38. The van der Waals surface area contributed by atoms with Gasteiger partial charge in [0.15, 0.2) is 0 Å².